The fourth-order valence-electron chi connectivity index (χ4n) is 5.42. The summed E-state index contributed by atoms with van der Waals surface area (Å²) in [6.45, 7) is 5.75. The maximum atomic E-state index is 6.21. The van der Waals surface area contributed by atoms with Gasteiger partial charge in [0.2, 0.25) is 0 Å². The largest absolute Gasteiger partial charge is 0.363 e. The Morgan fingerprint density at radius 3 is 2.96 bits per heavy atom. The van der Waals surface area contributed by atoms with Gasteiger partial charge in [0.25, 0.3) is 0 Å². The summed E-state index contributed by atoms with van der Waals surface area (Å²) in [6.07, 6.45) is 4.16. The molecule has 1 saturated carbocycles. The summed E-state index contributed by atoms with van der Waals surface area (Å²) in [6, 6.07) is 12.9. The molecule has 3 heterocycles. The molecule has 1 aromatic heterocycles. The molecule has 1 aromatic carbocycles. The predicted molar refractivity (Wildman–Crippen MR) is 97.4 cm³/mol. The van der Waals surface area contributed by atoms with Crippen LogP contribution in [0.3, 0.4) is 0 Å². The van der Waals surface area contributed by atoms with Gasteiger partial charge in [-0.1, -0.05) is 48.9 Å². The minimum absolute atomic E-state index is 0.181. The summed E-state index contributed by atoms with van der Waals surface area (Å²) >= 11 is 6.21. The molecule has 1 N–H and O–H groups in total. The molecule has 1 saturated heterocycles. The summed E-state index contributed by atoms with van der Waals surface area (Å²) in [5.41, 5.74) is 3.10. The minimum Gasteiger partial charge on any atom is -0.363 e. The first-order valence-corrected chi connectivity index (χ1v) is 9.19. The molecule has 5 rings (SSSR count). The van der Waals surface area contributed by atoms with Gasteiger partial charge in [-0.05, 0) is 30.4 Å². The van der Waals surface area contributed by atoms with E-state index < -0.39 is 0 Å². The summed E-state index contributed by atoms with van der Waals surface area (Å²) in [7, 11) is 0. The molecule has 0 unspecified atom stereocenters. The lowest BCUT2D eigenvalue weighted by Crippen LogP contribution is -2.71. The van der Waals surface area contributed by atoms with Gasteiger partial charge in [0.05, 0.1) is 10.6 Å². The highest BCUT2D eigenvalue weighted by molar-refractivity contribution is 6.30. The number of fused-ring (bicyclic) bond motifs is 2. The molecule has 2 aromatic rings. The lowest BCUT2D eigenvalue weighted by Gasteiger charge is -2.63. The van der Waals surface area contributed by atoms with Crippen molar-refractivity contribution in [2.24, 2.45) is 5.92 Å². The number of likely N-dealkylation sites (tertiary alicyclic amines) is 1. The van der Waals surface area contributed by atoms with Crippen LogP contribution in [0.25, 0.3) is 0 Å². The highest BCUT2D eigenvalue weighted by Gasteiger charge is 2.68. The fraction of sp³-hybridized carbons (Fsp3) is 0.450. The number of piperidine rings is 1. The van der Waals surface area contributed by atoms with Gasteiger partial charge in [0.1, 0.15) is 5.82 Å². The van der Waals surface area contributed by atoms with E-state index in [0.29, 0.717) is 5.92 Å². The van der Waals surface area contributed by atoms with Crippen molar-refractivity contribution < 1.29 is 0 Å². The third-order valence-corrected chi connectivity index (χ3v) is 6.88. The molecule has 4 heteroatoms. The summed E-state index contributed by atoms with van der Waals surface area (Å²) in [5, 5.41) is 4.55. The second-order valence-electron chi connectivity index (χ2n) is 7.85. The molecule has 3 atom stereocenters. The molecule has 0 amide bonds. The van der Waals surface area contributed by atoms with Crippen LogP contribution >= 0.6 is 11.6 Å². The first kappa shape index (κ1) is 14.7. The Morgan fingerprint density at radius 2 is 2.17 bits per heavy atom. The normalized spacial score (nSPS) is 33.8. The molecule has 2 aliphatic heterocycles. The van der Waals surface area contributed by atoms with Crippen molar-refractivity contribution in [2.45, 2.75) is 37.3 Å². The van der Waals surface area contributed by atoms with E-state index in [1.54, 1.807) is 6.20 Å². The van der Waals surface area contributed by atoms with Crippen LogP contribution in [0.5, 0.6) is 0 Å². The van der Waals surface area contributed by atoms with Crippen LogP contribution < -0.4 is 5.32 Å². The van der Waals surface area contributed by atoms with E-state index in [1.165, 1.54) is 30.5 Å². The maximum absolute atomic E-state index is 6.21. The standard InChI is InChI=1S/C20H22ClN3/c1-19-10-15-13-24(12-14-5-3-2-4-6-14)8-7-20(15,19)23-18-17(19)9-16(21)11-22-18/h2-6,9,11,15H,7-8,10,12-13H2,1H3,(H,22,23)/t15-,19-,20-/m0/s1. The number of halogens is 1. The molecular formula is C20H22ClN3. The van der Waals surface area contributed by atoms with E-state index >= 15 is 0 Å². The second kappa shape index (κ2) is 4.96. The van der Waals surface area contributed by atoms with Crippen LogP contribution in [0.2, 0.25) is 5.02 Å². The van der Waals surface area contributed by atoms with Gasteiger partial charge in [0, 0.05) is 36.8 Å². The van der Waals surface area contributed by atoms with Gasteiger partial charge in [-0.25, -0.2) is 4.98 Å². The Kier molecular flexibility index (Phi) is 3.05. The number of rotatable bonds is 2. The molecular weight excluding hydrogens is 318 g/mol. The van der Waals surface area contributed by atoms with E-state index in [1.807, 2.05) is 0 Å². The van der Waals surface area contributed by atoms with E-state index in [0.717, 1.165) is 23.9 Å². The molecule has 24 heavy (non-hydrogen) atoms. The van der Waals surface area contributed by atoms with Crippen LogP contribution in [-0.4, -0.2) is 28.5 Å². The molecule has 124 valence electrons. The third kappa shape index (κ3) is 1.86. The van der Waals surface area contributed by atoms with Crippen molar-refractivity contribution in [2.75, 3.05) is 18.4 Å². The Hall–Kier alpha value is -1.58. The number of anilines is 1. The number of nitrogens with zero attached hydrogens (tertiary/aromatic N) is 2. The molecule has 2 fully saturated rings. The average Bonchev–Trinajstić information content (AvgIpc) is 2.74. The quantitative estimate of drug-likeness (QED) is 0.893. The molecule has 1 spiro atoms. The Balaban J connectivity index is 1.38. The van der Waals surface area contributed by atoms with Crippen LogP contribution in [0, 0.1) is 5.92 Å². The van der Waals surface area contributed by atoms with Crippen molar-refractivity contribution in [3.8, 4) is 0 Å². The monoisotopic (exact) mass is 339 g/mol. The van der Waals surface area contributed by atoms with E-state index in [-0.39, 0.29) is 11.0 Å². The number of hydrogen-bond acceptors (Lipinski definition) is 3. The van der Waals surface area contributed by atoms with Crippen LogP contribution in [0.1, 0.15) is 30.9 Å². The summed E-state index contributed by atoms with van der Waals surface area (Å²) in [4.78, 5) is 7.17. The average molecular weight is 340 g/mol. The van der Waals surface area contributed by atoms with Crippen molar-refractivity contribution in [1.29, 1.82) is 0 Å². The Morgan fingerprint density at radius 1 is 1.33 bits per heavy atom. The van der Waals surface area contributed by atoms with E-state index in [4.69, 9.17) is 11.6 Å². The topological polar surface area (TPSA) is 28.2 Å². The summed E-state index contributed by atoms with van der Waals surface area (Å²) < 4.78 is 0. The maximum Gasteiger partial charge on any atom is 0.130 e. The SMILES string of the molecule is C[C@@]12C[C@H]3CN(Cc4ccccc4)CC[C@]31Nc1ncc(Cl)cc12. The minimum atomic E-state index is 0.181. The summed E-state index contributed by atoms with van der Waals surface area (Å²) in [5.74, 6) is 1.74. The van der Waals surface area contributed by atoms with Gasteiger partial charge in [-0.15, -0.1) is 0 Å². The van der Waals surface area contributed by atoms with Gasteiger partial charge >= 0.3 is 0 Å². The smallest absolute Gasteiger partial charge is 0.130 e. The lowest BCUT2D eigenvalue weighted by atomic mass is 9.46. The predicted octanol–water partition coefficient (Wildman–Crippen LogP) is 4.08. The van der Waals surface area contributed by atoms with Crippen LogP contribution in [-0.2, 0) is 12.0 Å². The van der Waals surface area contributed by atoms with Gasteiger partial charge in [-0.2, -0.15) is 0 Å². The number of pyridine rings is 1. The molecule has 3 nitrogen and oxygen atoms in total. The highest BCUT2D eigenvalue weighted by Crippen LogP contribution is 2.65. The molecule has 3 aliphatic rings. The van der Waals surface area contributed by atoms with Gasteiger partial charge in [-0.3, -0.25) is 4.90 Å². The third-order valence-electron chi connectivity index (χ3n) is 6.68. The molecule has 1 aliphatic carbocycles. The molecule has 0 bridgehead atoms. The van der Waals surface area contributed by atoms with Crippen LogP contribution in [0.4, 0.5) is 5.82 Å². The Bertz CT molecular complexity index is 793. The lowest BCUT2D eigenvalue weighted by molar-refractivity contribution is -0.0362. The number of aromatic nitrogens is 1. The zero-order valence-corrected chi connectivity index (χ0v) is 14.7. The first-order valence-electron chi connectivity index (χ1n) is 8.81. The number of hydrogen-bond donors (Lipinski definition) is 1. The molecule has 0 radical (unpaired) electrons. The van der Waals surface area contributed by atoms with E-state index in [9.17, 15) is 0 Å². The fourth-order valence-corrected chi connectivity index (χ4v) is 5.57. The zero-order chi connectivity index (χ0) is 16.4. The van der Waals surface area contributed by atoms with E-state index in [2.05, 4.69) is 58.5 Å². The number of nitrogens with one attached hydrogen (secondary N) is 1. The van der Waals surface area contributed by atoms with Crippen molar-refractivity contribution in [1.82, 2.24) is 9.88 Å². The van der Waals surface area contributed by atoms with Crippen molar-refractivity contribution in [3.63, 3.8) is 0 Å². The second-order valence-corrected chi connectivity index (χ2v) is 8.29. The highest BCUT2D eigenvalue weighted by atomic mass is 35.5. The van der Waals surface area contributed by atoms with Crippen molar-refractivity contribution in [3.05, 3.63) is 58.7 Å². The first-order chi connectivity index (χ1) is 11.6. The van der Waals surface area contributed by atoms with Gasteiger partial charge in [0.15, 0.2) is 0 Å². The van der Waals surface area contributed by atoms with Crippen molar-refractivity contribution >= 4 is 17.4 Å². The number of benzene rings is 1. The Labute approximate surface area is 148 Å². The van der Waals surface area contributed by atoms with Gasteiger partial charge < -0.3 is 5.32 Å². The zero-order valence-electron chi connectivity index (χ0n) is 13.9. The van der Waals surface area contributed by atoms with Crippen LogP contribution in [0.15, 0.2) is 42.6 Å².